The van der Waals surface area contributed by atoms with Crippen LogP contribution in [-0.2, 0) is 7.05 Å². The molecule has 2 rings (SSSR count). The summed E-state index contributed by atoms with van der Waals surface area (Å²) in [5, 5.41) is 11.3. The standard InChI is InChI=1S/C13H11N3O3/c1-8-11(13(18)19-16(8)2)12(17)15-10-5-3-9(7-14)4-6-10/h3-6H,1-2H3,(H,15,17). The molecule has 1 aromatic heterocycles. The Morgan fingerprint density at radius 3 is 2.47 bits per heavy atom. The van der Waals surface area contributed by atoms with Crippen molar-refractivity contribution in [2.45, 2.75) is 6.92 Å². The molecule has 0 bridgehead atoms. The van der Waals surface area contributed by atoms with Gasteiger partial charge in [-0.3, -0.25) is 4.79 Å². The molecule has 1 amide bonds. The number of aryl methyl sites for hydroxylation is 1. The summed E-state index contributed by atoms with van der Waals surface area (Å²) in [6.07, 6.45) is 0. The fourth-order valence-electron chi connectivity index (χ4n) is 1.62. The van der Waals surface area contributed by atoms with Crippen LogP contribution in [0.25, 0.3) is 0 Å². The Hall–Kier alpha value is -2.81. The predicted octanol–water partition coefficient (Wildman–Crippen LogP) is 1.41. The van der Waals surface area contributed by atoms with Gasteiger partial charge in [0.2, 0.25) is 0 Å². The highest BCUT2D eigenvalue weighted by Crippen LogP contribution is 2.11. The number of carbonyl (C=O) groups excluding carboxylic acids is 1. The maximum absolute atomic E-state index is 12.0. The average Bonchev–Trinajstić information content (AvgIpc) is 2.64. The van der Waals surface area contributed by atoms with Gasteiger partial charge in [0.05, 0.1) is 17.3 Å². The molecule has 0 spiro atoms. The van der Waals surface area contributed by atoms with Crippen molar-refractivity contribution in [3.63, 3.8) is 0 Å². The number of nitriles is 1. The van der Waals surface area contributed by atoms with Crippen molar-refractivity contribution in [1.82, 2.24) is 4.74 Å². The Morgan fingerprint density at radius 2 is 2.00 bits per heavy atom. The molecule has 0 aliphatic heterocycles. The van der Waals surface area contributed by atoms with E-state index < -0.39 is 11.5 Å². The van der Waals surface area contributed by atoms with Crippen molar-refractivity contribution in [3.05, 3.63) is 51.5 Å². The van der Waals surface area contributed by atoms with Crippen LogP contribution < -0.4 is 10.9 Å². The lowest BCUT2D eigenvalue weighted by molar-refractivity contribution is 0.102. The van der Waals surface area contributed by atoms with Crippen LogP contribution in [0.5, 0.6) is 0 Å². The average molecular weight is 257 g/mol. The van der Waals surface area contributed by atoms with Crippen molar-refractivity contribution in [2.24, 2.45) is 7.05 Å². The number of rotatable bonds is 2. The molecular formula is C13H11N3O3. The molecule has 1 N–H and O–H groups in total. The van der Waals surface area contributed by atoms with Crippen molar-refractivity contribution < 1.29 is 9.32 Å². The van der Waals surface area contributed by atoms with Gasteiger partial charge in [-0.15, -0.1) is 0 Å². The van der Waals surface area contributed by atoms with Gasteiger partial charge in [0, 0.05) is 12.7 Å². The number of carbonyl (C=O) groups is 1. The van der Waals surface area contributed by atoms with Gasteiger partial charge >= 0.3 is 5.63 Å². The minimum Gasteiger partial charge on any atom is -0.336 e. The van der Waals surface area contributed by atoms with Gasteiger partial charge in [0.25, 0.3) is 5.91 Å². The van der Waals surface area contributed by atoms with Crippen LogP contribution >= 0.6 is 0 Å². The molecule has 6 nitrogen and oxygen atoms in total. The van der Waals surface area contributed by atoms with Gasteiger partial charge in [-0.25, -0.2) is 9.53 Å². The zero-order chi connectivity index (χ0) is 14.0. The van der Waals surface area contributed by atoms with Crippen molar-refractivity contribution in [2.75, 3.05) is 5.32 Å². The summed E-state index contributed by atoms with van der Waals surface area (Å²) in [5.41, 5.74) is 0.759. The Labute approximate surface area is 108 Å². The minimum atomic E-state index is -0.675. The molecule has 1 heterocycles. The largest absolute Gasteiger partial charge is 0.370 e. The Bertz CT molecular complexity index is 717. The van der Waals surface area contributed by atoms with Crippen molar-refractivity contribution >= 4 is 11.6 Å². The monoisotopic (exact) mass is 257 g/mol. The molecule has 0 aliphatic carbocycles. The normalized spacial score (nSPS) is 9.95. The summed E-state index contributed by atoms with van der Waals surface area (Å²) >= 11 is 0. The molecule has 19 heavy (non-hydrogen) atoms. The van der Waals surface area contributed by atoms with E-state index in [9.17, 15) is 9.59 Å². The fraction of sp³-hybridized carbons (Fsp3) is 0.154. The second kappa shape index (κ2) is 4.82. The molecular weight excluding hydrogens is 246 g/mol. The number of hydrogen-bond acceptors (Lipinski definition) is 4. The smallest absolute Gasteiger partial charge is 0.336 e. The third-order valence-electron chi connectivity index (χ3n) is 2.76. The van der Waals surface area contributed by atoms with E-state index in [1.54, 1.807) is 38.2 Å². The van der Waals surface area contributed by atoms with E-state index in [2.05, 4.69) is 5.32 Å². The van der Waals surface area contributed by atoms with Crippen LogP contribution in [0, 0.1) is 18.3 Å². The lowest BCUT2D eigenvalue weighted by Gasteiger charge is -2.03. The van der Waals surface area contributed by atoms with Gasteiger partial charge in [0.1, 0.15) is 5.56 Å². The molecule has 1 aromatic carbocycles. The van der Waals surface area contributed by atoms with Gasteiger partial charge in [-0.05, 0) is 31.2 Å². The summed E-state index contributed by atoms with van der Waals surface area (Å²) in [6, 6.07) is 8.33. The third-order valence-corrected chi connectivity index (χ3v) is 2.76. The number of hydrogen-bond donors (Lipinski definition) is 1. The Morgan fingerprint density at radius 1 is 1.37 bits per heavy atom. The summed E-state index contributed by atoms with van der Waals surface area (Å²) in [4.78, 5) is 23.5. The van der Waals surface area contributed by atoms with E-state index in [0.717, 1.165) is 0 Å². The number of nitrogens with one attached hydrogen (secondary N) is 1. The van der Waals surface area contributed by atoms with Gasteiger partial charge < -0.3 is 9.84 Å². The van der Waals surface area contributed by atoms with Crippen molar-refractivity contribution in [1.29, 1.82) is 5.26 Å². The molecule has 2 aromatic rings. The summed E-state index contributed by atoms with van der Waals surface area (Å²) in [5.74, 6) is -0.531. The topological polar surface area (TPSA) is 88.0 Å². The molecule has 0 fully saturated rings. The molecule has 96 valence electrons. The maximum Gasteiger partial charge on any atom is 0.370 e. The maximum atomic E-state index is 12.0. The van der Waals surface area contributed by atoms with E-state index in [4.69, 9.17) is 9.78 Å². The number of benzene rings is 1. The number of aromatic nitrogens is 1. The summed E-state index contributed by atoms with van der Waals surface area (Å²) in [6.45, 7) is 1.62. The Kier molecular flexibility index (Phi) is 3.21. The minimum absolute atomic E-state index is 0.0214. The first kappa shape index (κ1) is 12.6. The van der Waals surface area contributed by atoms with Crippen molar-refractivity contribution in [3.8, 4) is 6.07 Å². The van der Waals surface area contributed by atoms with E-state index >= 15 is 0 Å². The summed E-state index contributed by atoms with van der Waals surface area (Å²) < 4.78 is 6.04. The number of amides is 1. The fourth-order valence-corrected chi connectivity index (χ4v) is 1.62. The molecule has 0 saturated carbocycles. The highest BCUT2D eigenvalue weighted by molar-refractivity contribution is 6.04. The predicted molar refractivity (Wildman–Crippen MR) is 67.8 cm³/mol. The second-order valence-electron chi connectivity index (χ2n) is 3.98. The van der Waals surface area contributed by atoms with E-state index in [1.807, 2.05) is 6.07 Å². The van der Waals surface area contributed by atoms with Crippen LogP contribution in [-0.4, -0.2) is 10.6 Å². The zero-order valence-corrected chi connectivity index (χ0v) is 10.4. The molecule has 6 heteroatoms. The first-order chi connectivity index (χ1) is 9.02. The number of nitrogens with zero attached hydrogens (tertiary/aromatic N) is 2. The van der Waals surface area contributed by atoms with Crippen LogP contribution in [0.1, 0.15) is 21.6 Å². The molecule has 0 atom stereocenters. The Balaban J connectivity index is 2.26. The lowest BCUT2D eigenvalue weighted by atomic mass is 10.2. The quantitative estimate of drug-likeness (QED) is 0.881. The SMILES string of the molecule is Cc1c(C(=O)Nc2ccc(C#N)cc2)c(=O)on1C. The van der Waals surface area contributed by atoms with E-state index in [0.29, 0.717) is 16.9 Å². The van der Waals surface area contributed by atoms with Gasteiger partial charge in [0.15, 0.2) is 0 Å². The molecule has 0 radical (unpaired) electrons. The first-order valence-electron chi connectivity index (χ1n) is 5.51. The number of anilines is 1. The molecule has 0 saturated heterocycles. The molecule has 0 aliphatic rings. The van der Waals surface area contributed by atoms with Crippen LogP contribution in [0.3, 0.4) is 0 Å². The lowest BCUT2D eigenvalue weighted by Crippen LogP contribution is -2.19. The first-order valence-corrected chi connectivity index (χ1v) is 5.51. The van der Waals surface area contributed by atoms with Crippen LogP contribution in [0.2, 0.25) is 0 Å². The van der Waals surface area contributed by atoms with Gasteiger partial charge in [-0.2, -0.15) is 5.26 Å². The highest BCUT2D eigenvalue weighted by atomic mass is 16.5. The van der Waals surface area contributed by atoms with Crippen LogP contribution in [0.15, 0.2) is 33.6 Å². The second-order valence-corrected chi connectivity index (χ2v) is 3.98. The van der Waals surface area contributed by atoms with Gasteiger partial charge in [-0.1, -0.05) is 0 Å². The van der Waals surface area contributed by atoms with Crippen LogP contribution in [0.4, 0.5) is 5.69 Å². The van der Waals surface area contributed by atoms with E-state index in [1.165, 1.54) is 4.74 Å². The zero-order valence-electron chi connectivity index (χ0n) is 10.4. The summed E-state index contributed by atoms with van der Waals surface area (Å²) in [7, 11) is 1.55. The molecule has 0 unspecified atom stereocenters. The van der Waals surface area contributed by atoms with E-state index in [-0.39, 0.29) is 5.56 Å². The highest BCUT2D eigenvalue weighted by Gasteiger charge is 2.19. The third kappa shape index (κ3) is 2.40.